The van der Waals surface area contributed by atoms with Gasteiger partial charge in [0.2, 0.25) is 11.8 Å². The van der Waals surface area contributed by atoms with Crippen molar-refractivity contribution < 1.29 is 19.5 Å². The van der Waals surface area contributed by atoms with Crippen LogP contribution in [0.3, 0.4) is 0 Å². The zero-order chi connectivity index (χ0) is 28.9. The number of carbonyl (C=O) groups is 3. The van der Waals surface area contributed by atoms with Crippen LogP contribution < -0.4 is 11.1 Å². The molecule has 2 fully saturated rings. The number of rotatable bonds is 8. The predicted molar refractivity (Wildman–Crippen MR) is 155 cm³/mol. The first-order chi connectivity index (χ1) is 19.9. The van der Waals surface area contributed by atoms with Crippen molar-refractivity contribution in [3.8, 4) is 5.75 Å². The molecule has 0 aromatic heterocycles. The van der Waals surface area contributed by atoms with Crippen molar-refractivity contribution in [3.05, 3.63) is 108 Å². The minimum Gasteiger partial charge on any atom is -0.508 e. The average Bonchev–Trinajstić information content (AvgIpc) is 2.97. The Labute approximate surface area is 239 Å². The zero-order valence-electron chi connectivity index (χ0n) is 22.7. The van der Waals surface area contributed by atoms with E-state index in [9.17, 15) is 19.5 Å². The molecule has 0 spiro atoms. The van der Waals surface area contributed by atoms with Gasteiger partial charge in [0, 0.05) is 31.7 Å². The highest BCUT2D eigenvalue weighted by Gasteiger charge is 2.51. The molecule has 0 aliphatic carbocycles. The van der Waals surface area contributed by atoms with E-state index in [0.29, 0.717) is 12.2 Å². The van der Waals surface area contributed by atoms with Crippen LogP contribution >= 0.6 is 0 Å². The normalized spacial score (nSPS) is 19.2. The molecule has 4 N–H and O–H groups in total. The maximum atomic E-state index is 14.0. The summed E-state index contributed by atoms with van der Waals surface area (Å²) in [5.74, 6) is -0.370. The minimum absolute atomic E-state index is 0.0771. The van der Waals surface area contributed by atoms with Crippen molar-refractivity contribution in [1.29, 1.82) is 0 Å². The molecule has 2 saturated heterocycles. The van der Waals surface area contributed by atoms with Crippen LogP contribution in [-0.4, -0.2) is 74.6 Å². The average molecular weight is 555 g/mol. The Bertz CT molecular complexity index is 1410. The maximum absolute atomic E-state index is 14.0. The number of nitrogen functional groups attached to an aromatic ring is 1. The Morgan fingerprint density at radius 2 is 1.71 bits per heavy atom. The molecule has 3 aromatic rings. The largest absolute Gasteiger partial charge is 0.508 e. The number of hydrazine groups is 1. The van der Waals surface area contributed by atoms with Crippen molar-refractivity contribution in [1.82, 2.24) is 25.1 Å². The fourth-order valence-corrected chi connectivity index (χ4v) is 5.44. The standard InChI is InChI=1S/C31H34N6O4/c1-2-16-35-21-29(39)36-27(17-22-12-14-25(38)15-13-22)30(40)34(19-24-10-6-7-11-26(24)32)20-28(36)37(35)31(41)33-18-23-8-4-3-5-9-23/h2-15,27-28,38H,1,16-21,32H2,(H,33,41). The highest BCUT2D eigenvalue weighted by atomic mass is 16.3. The summed E-state index contributed by atoms with van der Waals surface area (Å²) in [7, 11) is 0. The summed E-state index contributed by atoms with van der Waals surface area (Å²) in [6.45, 7) is 4.66. The van der Waals surface area contributed by atoms with Gasteiger partial charge in [0.05, 0.1) is 13.1 Å². The summed E-state index contributed by atoms with van der Waals surface area (Å²) in [5.41, 5.74) is 9.28. The number of nitrogens with one attached hydrogen (secondary N) is 1. The molecule has 3 aromatic carbocycles. The fraction of sp³-hybridized carbons (Fsp3) is 0.258. The molecular formula is C31H34N6O4. The number of para-hydroxylation sites is 1. The van der Waals surface area contributed by atoms with Crippen molar-refractivity contribution >= 4 is 23.5 Å². The number of hydrogen-bond acceptors (Lipinski definition) is 6. The molecule has 0 saturated carbocycles. The van der Waals surface area contributed by atoms with Gasteiger partial charge in [0.15, 0.2) is 0 Å². The number of nitrogens with zero attached hydrogens (tertiary/aromatic N) is 4. The molecule has 10 heteroatoms. The second kappa shape index (κ2) is 12.1. The summed E-state index contributed by atoms with van der Waals surface area (Å²) in [4.78, 5) is 44.6. The highest BCUT2D eigenvalue weighted by molar-refractivity contribution is 5.91. The van der Waals surface area contributed by atoms with Gasteiger partial charge < -0.3 is 26.0 Å². The molecule has 0 radical (unpaired) electrons. The summed E-state index contributed by atoms with van der Waals surface area (Å²) in [5, 5.41) is 16.0. The first-order valence-corrected chi connectivity index (χ1v) is 13.5. The first-order valence-electron chi connectivity index (χ1n) is 13.5. The lowest BCUT2D eigenvalue weighted by atomic mass is 9.98. The van der Waals surface area contributed by atoms with Crippen molar-refractivity contribution in [3.63, 3.8) is 0 Å². The number of phenolic OH excluding ortho intramolecular Hbond substituents is 1. The van der Waals surface area contributed by atoms with Crippen LogP contribution in [0.2, 0.25) is 0 Å². The Hall–Kier alpha value is -4.83. The van der Waals surface area contributed by atoms with E-state index in [-0.39, 0.29) is 56.2 Å². The SMILES string of the molecule is C=CCN1CC(=O)N2C(Cc3ccc(O)cc3)C(=O)N(Cc3ccccc3N)CC2N1C(=O)NCc1ccccc1. The molecule has 2 unspecified atom stereocenters. The van der Waals surface area contributed by atoms with E-state index in [2.05, 4.69) is 11.9 Å². The van der Waals surface area contributed by atoms with Gasteiger partial charge in [-0.25, -0.2) is 14.8 Å². The minimum atomic E-state index is -0.856. The van der Waals surface area contributed by atoms with E-state index in [1.165, 1.54) is 0 Å². The van der Waals surface area contributed by atoms with E-state index in [4.69, 9.17) is 5.73 Å². The predicted octanol–water partition coefficient (Wildman–Crippen LogP) is 2.71. The van der Waals surface area contributed by atoms with Crippen molar-refractivity contribution in [2.45, 2.75) is 31.7 Å². The van der Waals surface area contributed by atoms with Gasteiger partial charge in [0.1, 0.15) is 18.0 Å². The number of aromatic hydroxyl groups is 1. The summed E-state index contributed by atoms with van der Waals surface area (Å²) in [6.07, 6.45) is 1.12. The lowest BCUT2D eigenvalue weighted by molar-refractivity contribution is -0.189. The second-order valence-corrected chi connectivity index (χ2v) is 10.2. The number of piperazine rings is 1. The Balaban J connectivity index is 1.50. The van der Waals surface area contributed by atoms with Gasteiger partial charge in [-0.2, -0.15) is 0 Å². The lowest BCUT2D eigenvalue weighted by Gasteiger charge is -2.55. The number of urea groups is 1. The molecule has 5 rings (SSSR count). The number of benzene rings is 3. The Morgan fingerprint density at radius 3 is 2.41 bits per heavy atom. The van der Waals surface area contributed by atoms with Crippen molar-refractivity contribution in [2.24, 2.45) is 0 Å². The number of phenols is 1. The molecule has 2 aliphatic heterocycles. The quantitative estimate of drug-likeness (QED) is 0.291. The summed E-state index contributed by atoms with van der Waals surface area (Å²) < 4.78 is 0. The summed E-state index contributed by atoms with van der Waals surface area (Å²) >= 11 is 0. The molecule has 0 bridgehead atoms. The van der Waals surface area contributed by atoms with E-state index in [1.807, 2.05) is 48.5 Å². The monoisotopic (exact) mass is 554 g/mol. The van der Waals surface area contributed by atoms with Gasteiger partial charge in [-0.3, -0.25) is 9.59 Å². The Morgan fingerprint density at radius 1 is 1.00 bits per heavy atom. The molecule has 4 amide bonds. The number of fused-ring (bicyclic) bond motifs is 1. The van der Waals surface area contributed by atoms with Crippen LogP contribution in [0.15, 0.2) is 91.5 Å². The number of amides is 4. The molecule has 2 atom stereocenters. The van der Waals surface area contributed by atoms with Crippen LogP contribution in [-0.2, 0) is 29.1 Å². The smallest absolute Gasteiger partial charge is 0.334 e. The molecule has 2 aliphatic rings. The molecule has 41 heavy (non-hydrogen) atoms. The van der Waals surface area contributed by atoms with Gasteiger partial charge >= 0.3 is 6.03 Å². The van der Waals surface area contributed by atoms with E-state index in [0.717, 1.165) is 16.7 Å². The van der Waals surface area contributed by atoms with E-state index >= 15 is 0 Å². The van der Waals surface area contributed by atoms with Crippen LogP contribution in [0.4, 0.5) is 10.5 Å². The van der Waals surface area contributed by atoms with Gasteiger partial charge in [-0.1, -0.05) is 66.7 Å². The van der Waals surface area contributed by atoms with E-state index in [1.54, 1.807) is 56.2 Å². The van der Waals surface area contributed by atoms with Crippen LogP contribution in [0.25, 0.3) is 0 Å². The van der Waals surface area contributed by atoms with Crippen LogP contribution in [0.5, 0.6) is 5.75 Å². The van der Waals surface area contributed by atoms with Crippen molar-refractivity contribution in [2.75, 3.05) is 25.4 Å². The lowest BCUT2D eigenvalue weighted by Crippen LogP contribution is -2.76. The number of nitrogens with two attached hydrogens (primary N) is 1. The number of anilines is 1. The third-order valence-corrected chi connectivity index (χ3v) is 7.45. The molecule has 10 nitrogen and oxygen atoms in total. The fourth-order valence-electron chi connectivity index (χ4n) is 5.44. The third kappa shape index (κ3) is 6.02. The number of hydrogen-bond donors (Lipinski definition) is 3. The zero-order valence-corrected chi connectivity index (χ0v) is 22.7. The molecule has 212 valence electrons. The highest BCUT2D eigenvalue weighted by Crippen LogP contribution is 2.30. The molecular weight excluding hydrogens is 520 g/mol. The van der Waals surface area contributed by atoms with Gasteiger partial charge in [-0.15, -0.1) is 6.58 Å². The topological polar surface area (TPSA) is 122 Å². The molecule has 2 heterocycles. The van der Waals surface area contributed by atoms with Crippen LogP contribution in [0.1, 0.15) is 16.7 Å². The summed E-state index contributed by atoms with van der Waals surface area (Å²) in [6, 6.07) is 22.2. The third-order valence-electron chi connectivity index (χ3n) is 7.45. The number of carbonyl (C=O) groups excluding carboxylic acids is 3. The second-order valence-electron chi connectivity index (χ2n) is 10.2. The van der Waals surface area contributed by atoms with E-state index < -0.39 is 12.2 Å². The van der Waals surface area contributed by atoms with Gasteiger partial charge in [0.25, 0.3) is 0 Å². The first kappa shape index (κ1) is 27.7. The Kier molecular flexibility index (Phi) is 8.21. The van der Waals surface area contributed by atoms with Gasteiger partial charge in [-0.05, 0) is 34.9 Å². The maximum Gasteiger partial charge on any atom is 0.334 e. The van der Waals surface area contributed by atoms with Crippen LogP contribution in [0, 0.1) is 0 Å².